The van der Waals surface area contributed by atoms with E-state index in [0.717, 1.165) is 30.7 Å². The Morgan fingerprint density at radius 2 is 1.65 bits per heavy atom. The number of nitrogens with zero attached hydrogens (tertiary/aromatic N) is 3. The van der Waals surface area contributed by atoms with Crippen LogP contribution in [0.5, 0.6) is 0 Å². The number of hydrogen-bond donors (Lipinski definition) is 1. The molecule has 0 saturated heterocycles. The molecule has 0 radical (unpaired) electrons. The van der Waals surface area contributed by atoms with Gasteiger partial charge in [0.05, 0.1) is 22.5 Å². The van der Waals surface area contributed by atoms with Crippen LogP contribution in [0.25, 0.3) is 11.0 Å². The van der Waals surface area contributed by atoms with E-state index in [1.807, 2.05) is 18.2 Å². The second-order valence-electron chi connectivity index (χ2n) is 8.65. The summed E-state index contributed by atoms with van der Waals surface area (Å²) in [4.78, 5) is 5.12. The molecule has 0 aliphatic heterocycles. The Labute approximate surface area is 202 Å². The first kappa shape index (κ1) is 24.1. The molecular weight excluding hydrogens is 444 g/mol. The number of sulfonamides is 1. The molecule has 0 aliphatic rings. The lowest BCUT2D eigenvalue weighted by molar-refractivity contribution is 0.504. The fourth-order valence-corrected chi connectivity index (χ4v) is 5.12. The molecule has 7 heteroatoms. The van der Waals surface area contributed by atoms with Gasteiger partial charge in [-0.25, -0.2) is 17.7 Å². The molecule has 1 N–H and O–H groups in total. The van der Waals surface area contributed by atoms with Crippen molar-refractivity contribution in [1.82, 2.24) is 19.2 Å². The first-order chi connectivity index (χ1) is 16.4. The summed E-state index contributed by atoms with van der Waals surface area (Å²) >= 11 is 0. The van der Waals surface area contributed by atoms with Gasteiger partial charge in [-0.2, -0.15) is 0 Å². The van der Waals surface area contributed by atoms with Gasteiger partial charge in [0.25, 0.3) is 0 Å². The Kier molecular flexibility index (Phi) is 7.46. The Morgan fingerprint density at radius 1 is 0.971 bits per heavy atom. The summed E-state index contributed by atoms with van der Waals surface area (Å²) in [6.07, 6.45) is 1.83. The topological polar surface area (TPSA) is 67.2 Å². The van der Waals surface area contributed by atoms with Gasteiger partial charge < -0.3 is 9.88 Å². The maximum atomic E-state index is 12.6. The average molecular weight is 477 g/mol. The molecule has 178 valence electrons. The molecule has 3 aromatic carbocycles. The van der Waals surface area contributed by atoms with Crippen molar-refractivity contribution in [1.29, 1.82) is 0 Å². The molecule has 4 rings (SSSR count). The van der Waals surface area contributed by atoms with E-state index < -0.39 is 10.0 Å². The van der Waals surface area contributed by atoms with Gasteiger partial charge in [0.2, 0.25) is 10.0 Å². The Morgan fingerprint density at radius 3 is 2.29 bits per heavy atom. The zero-order valence-corrected chi connectivity index (χ0v) is 20.8. The Balaban J connectivity index is 1.65. The molecule has 0 amide bonds. The summed E-state index contributed by atoms with van der Waals surface area (Å²) in [6, 6.07) is 26.3. The molecule has 1 aromatic heterocycles. The van der Waals surface area contributed by atoms with Crippen LogP contribution in [-0.2, 0) is 29.5 Å². The summed E-state index contributed by atoms with van der Waals surface area (Å²) in [5.41, 5.74) is 4.15. The molecular formula is C27H32N4O2S. The third-order valence-corrected chi connectivity index (χ3v) is 7.83. The molecule has 1 heterocycles. The van der Waals surface area contributed by atoms with Gasteiger partial charge in [-0.1, -0.05) is 67.6 Å². The number of nitrogens with one attached hydrogen (secondary N) is 1. The van der Waals surface area contributed by atoms with Crippen LogP contribution >= 0.6 is 0 Å². The van der Waals surface area contributed by atoms with Crippen LogP contribution in [0, 0.1) is 0 Å². The summed E-state index contributed by atoms with van der Waals surface area (Å²) < 4.78 is 28.7. The first-order valence-electron chi connectivity index (χ1n) is 11.6. The van der Waals surface area contributed by atoms with Crippen molar-refractivity contribution in [3.05, 3.63) is 95.8 Å². The van der Waals surface area contributed by atoms with E-state index in [2.05, 4.69) is 65.3 Å². The third kappa shape index (κ3) is 5.22. The van der Waals surface area contributed by atoms with E-state index >= 15 is 0 Å². The van der Waals surface area contributed by atoms with E-state index in [1.165, 1.54) is 15.4 Å². The molecule has 4 aromatic rings. The lowest BCUT2D eigenvalue weighted by Crippen LogP contribution is -2.24. The number of hydrogen-bond acceptors (Lipinski definition) is 4. The lowest BCUT2D eigenvalue weighted by Gasteiger charge is -2.20. The van der Waals surface area contributed by atoms with Gasteiger partial charge in [0, 0.05) is 26.7 Å². The molecule has 0 spiro atoms. The van der Waals surface area contributed by atoms with E-state index in [-0.39, 0.29) is 10.9 Å². The zero-order chi connectivity index (χ0) is 24.1. The fourth-order valence-electron chi connectivity index (χ4n) is 4.20. The maximum Gasteiger partial charge on any atom is 0.242 e. The monoisotopic (exact) mass is 476 g/mol. The number of rotatable bonds is 10. The highest BCUT2D eigenvalue weighted by molar-refractivity contribution is 7.89. The van der Waals surface area contributed by atoms with Crippen LogP contribution in [0.3, 0.4) is 0 Å². The predicted octanol–water partition coefficient (Wildman–Crippen LogP) is 4.77. The van der Waals surface area contributed by atoms with Crippen LogP contribution in [0.15, 0.2) is 83.8 Å². The van der Waals surface area contributed by atoms with E-state index in [1.54, 1.807) is 26.2 Å². The Hall–Kier alpha value is -3.00. The van der Waals surface area contributed by atoms with Crippen LogP contribution in [0.4, 0.5) is 0 Å². The van der Waals surface area contributed by atoms with Crippen molar-refractivity contribution in [2.75, 3.05) is 14.1 Å². The third-order valence-electron chi connectivity index (χ3n) is 6.02. The van der Waals surface area contributed by atoms with Crippen LogP contribution < -0.4 is 5.32 Å². The number of aromatic nitrogens is 2. The standard InChI is InChI=1S/C27H32N4O2S/c1-4-17-31-26-16-15-23(34(32,33)30(2)3)19-25(26)29-27(31)20-28-24(22-13-9-6-10-14-22)18-21-11-7-5-8-12-21/h5-16,19,24,28H,4,17-18,20H2,1-3H3/t24-/m0/s1. The van der Waals surface area contributed by atoms with Gasteiger partial charge in [0.1, 0.15) is 5.82 Å². The second kappa shape index (κ2) is 10.5. The molecule has 0 bridgehead atoms. The summed E-state index contributed by atoms with van der Waals surface area (Å²) in [6.45, 7) is 3.54. The molecule has 1 atom stereocenters. The maximum absolute atomic E-state index is 12.6. The molecule has 0 aliphatic carbocycles. The van der Waals surface area contributed by atoms with Gasteiger partial charge in [-0.3, -0.25) is 0 Å². The van der Waals surface area contributed by atoms with Crippen molar-refractivity contribution < 1.29 is 8.42 Å². The van der Waals surface area contributed by atoms with Gasteiger partial charge in [-0.15, -0.1) is 0 Å². The van der Waals surface area contributed by atoms with E-state index in [9.17, 15) is 8.42 Å². The molecule has 0 unspecified atom stereocenters. The van der Waals surface area contributed by atoms with Crippen molar-refractivity contribution in [2.24, 2.45) is 0 Å². The highest BCUT2D eigenvalue weighted by Crippen LogP contribution is 2.24. The van der Waals surface area contributed by atoms with Gasteiger partial charge >= 0.3 is 0 Å². The summed E-state index contributed by atoms with van der Waals surface area (Å²) in [7, 11) is -0.427. The minimum Gasteiger partial charge on any atom is -0.327 e. The first-order valence-corrected chi connectivity index (χ1v) is 13.1. The van der Waals surface area contributed by atoms with E-state index in [0.29, 0.717) is 12.1 Å². The van der Waals surface area contributed by atoms with Crippen LogP contribution in [-0.4, -0.2) is 36.4 Å². The van der Waals surface area contributed by atoms with Crippen molar-refractivity contribution >= 4 is 21.1 Å². The van der Waals surface area contributed by atoms with Crippen molar-refractivity contribution in [3.8, 4) is 0 Å². The second-order valence-corrected chi connectivity index (χ2v) is 10.8. The van der Waals surface area contributed by atoms with Gasteiger partial charge in [0.15, 0.2) is 0 Å². The lowest BCUT2D eigenvalue weighted by atomic mass is 9.99. The number of imidazole rings is 1. The SMILES string of the molecule is CCCn1c(CN[C@@H](Cc2ccccc2)c2ccccc2)nc2cc(S(=O)(=O)N(C)C)ccc21. The minimum atomic E-state index is -3.51. The average Bonchev–Trinajstić information content (AvgIpc) is 3.19. The highest BCUT2D eigenvalue weighted by Gasteiger charge is 2.20. The summed E-state index contributed by atoms with van der Waals surface area (Å²) in [5, 5.41) is 3.71. The van der Waals surface area contributed by atoms with E-state index in [4.69, 9.17) is 4.98 Å². The largest absolute Gasteiger partial charge is 0.327 e. The fraction of sp³-hybridized carbons (Fsp3) is 0.296. The number of fused-ring (bicyclic) bond motifs is 1. The molecule has 34 heavy (non-hydrogen) atoms. The van der Waals surface area contributed by atoms with Crippen LogP contribution in [0.2, 0.25) is 0 Å². The molecule has 0 fully saturated rings. The number of aryl methyl sites for hydroxylation is 1. The highest BCUT2D eigenvalue weighted by atomic mass is 32.2. The normalized spacial score (nSPS) is 12.9. The smallest absolute Gasteiger partial charge is 0.242 e. The Bertz CT molecular complexity index is 1330. The minimum absolute atomic E-state index is 0.128. The van der Waals surface area contributed by atoms with Crippen molar-refractivity contribution in [3.63, 3.8) is 0 Å². The number of benzene rings is 3. The quantitative estimate of drug-likeness (QED) is 0.358. The van der Waals surface area contributed by atoms with Gasteiger partial charge in [-0.05, 0) is 42.2 Å². The zero-order valence-electron chi connectivity index (χ0n) is 20.0. The molecule has 6 nitrogen and oxygen atoms in total. The predicted molar refractivity (Wildman–Crippen MR) is 137 cm³/mol. The summed E-state index contributed by atoms with van der Waals surface area (Å²) in [5.74, 6) is 0.908. The van der Waals surface area contributed by atoms with Crippen molar-refractivity contribution in [2.45, 2.75) is 43.8 Å². The van der Waals surface area contributed by atoms with Crippen LogP contribution in [0.1, 0.15) is 36.3 Å². The molecule has 0 saturated carbocycles.